The van der Waals surface area contributed by atoms with Gasteiger partial charge in [0.15, 0.2) is 0 Å². The molecule has 32 heavy (non-hydrogen) atoms. The van der Waals surface area contributed by atoms with Crippen molar-refractivity contribution in [1.82, 2.24) is 5.32 Å². The lowest BCUT2D eigenvalue weighted by atomic mass is 9.88. The molecule has 0 aliphatic heterocycles. The Balaban J connectivity index is 1.49. The minimum Gasteiger partial charge on any atom is -0.393 e. The highest BCUT2D eigenvalue weighted by Crippen LogP contribution is 2.37. The van der Waals surface area contributed by atoms with E-state index in [-0.39, 0.29) is 17.7 Å². The van der Waals surface area contributed by atoms with Crippen LogP contribution in [0, 0.1) is 11.8 Å². The molecule has 1 amide bonds. The van der Waals surface area contributed by atoms with Gasteiger partial charge in [-0.1, -0.05) is 42.5 Å². The molecule has 174 valence electrons. The van der Waals surface area contributed by atoms with Crippen LogP contribution in [0.4, 0.5) is 0 Å². The topological polar surface area (TPSA) is 89.8 Å². The van der Waals surface area contributed by atoms with Crippen molar-refractivity contribution in [2.45, 2.75) is 63.8 Å². The Morgan fingerprint density at radius 1 is 1.16 bits per heavy atom. The number of carbonyl (C=O) groups is 1. The van der Waals surface area contributed by atoms with Gasteiger partial charge in [0.25, 0.3) is 5.91 Å². The maximum absolute atomic E-state index is 11.9. The van der Waals surface area contributed by atoms with E-state index in [4.69, 9.17) is 0 Å². The van der Waals surface area contributed by atoms with Gasteiger partial charge in [0.2, 0.25) is 0 Å². The molecule has 4 N–H and O–H groups in total. The van der Waals surface area contributed by atoms with E-state index in [1.807, 2.05) is 43.3 Å². The lowest BCUT2D eigenvalue weighted by Gasteiger charge is -2.21. The maximum Gasteiger partial charge on any atom is 0.261 e. The summed E-state index contributed by atoms with van der Waals surface area (Å²) in [6, 6.07) is 13.9. The quantitative estimate of drug-likeness (QED) is 0.387. The summed E-state index contributed by atoms with van der Waals surface area (Å²) in [4.78, 5) is 13.8. The second-order valence-electron chi connectivity index (χ2n) is 8.61. The Labute approximate surface area is 194 Å². The van der Waals surface area contributed by atoms with Crippen LogP contribution in [-0.4, -0.2) is 46.1 Å². The van der Waals surface area contributed by atoms with Gasteiger partial charge in [0.05, 0.1) is 23.2 Å². The molecule has 1 aliphatic carbocycles. The van der Waals surface area contributed by atoms with Crippen molar-refractivity contribution < 1.29 is 20.1 Å². The van der Waals surface area contributed by atoms with Crippen molar-refractivity contribution in [1.29, 1.82) is 0 Å². The third kappa shape index (κ3) is 7.01. The normalized spacial score (nSPS) is 24.1. The van der Waals surface area contributed by atoms with Gasteiger partial charge in [-0.3, -0.25) is 4.79 Å². The molecular formula is C26H35NO4S. The number of amides is 1. The molecular weight excluding hydrogens is 422 g/mol. The van der Waals surface area contributed by atoms with Gasteiger partial charge in [-0.2, -0.15) is 0 Å². The first-order valence-corrected chi connectivity index (χ1v) is 12.4. The van der Waals surface area contributed by atoms with Crippen LogP contribution in [0.25, 0.3) is 0 Å². The molecule has 0 saturated heterocycles. The minimum atomic E-state index is -0.585. The van der Waals surface area contributed by atoms with E-state index in [1.165, 1.54) is 16.9 Å². The van der Waals surface area contributed by atoms with Crippen molar-refractivity contribution in [3.8, 4) is 0 Å². The number of carbonyl (C=O) groups excluding carboxylic acids is 1. The summed E-state index contributed by atoms with van der Waals surface area (Å²) in [5.74, 6) is -0.204. The van der Waals surface area contributed by atoms with Gasteiger partial charge in [-0.25, -0.2) is 0 Å². The number of benzene rings is 1. The molecule has 0 spiro atoms. The Kier molecular flexibility index (Phi) is 9.48. The molecule has 3 rings (SSSR count). The Morgan fingerprint density at radius 2 is 1.94 bits per heavy atom. The zero-order chi connectivity index (χ0) is 22.9. The number of hydrogen-bond acceptors (Lipinski definition) is 5. The molecule has 1 aromatic carbocycles. The lowest BCUT2D eigenvalue weighted by Crippen LogP contribution is -2.21. The van der Waals surface area contributed by atoms with Gasteiger partial charge < -0.3 is 20.6 Å². The van der Waals surface area contributed by atoms with Crippen molar-refractivity contribution >= 4 is 17.2 Å². The van der Waals surface area contributed by atoms with Gasteiger partial charge in [0, 0.05) is 23.8 Å². The molecule has 0 bridgehead atoms. The molecule has 1 heterocycles. The largest absolute Gasteiger partial charge is 0.393 e. The number of thiophene rings is 1. The Morgan fingerprint density at radius 3 is 2.69 bits per heavy atom. The Hall–Kier alpha value is -1.99. The zero-order valence-electron chi connectivity index (χ0n) is 18.7. The first-order valence-electron chi connectivity index (χ1n) is 11.6. The van der Waals surface area contributed by atoms with Crippen molar-refractivity contribution in [3.63, 3.8) is 0 Å². The van der Waals surface area contributed by atoms with E-state index in [1.54, 1.807) is 6.08 Å². The summed E-state index contributed by atoms with van der Waals surface area (Å²) in [7, 11) is 0. The second-order valence-corrected chi connectivity index (χ2v) is 9.77. The van der Waals surface area contributed by atoms with Crippen LogP contribution < -0.4 is 5.32 Å². The first-order chi connectivity index (χ1) is 15.5. The van der Waals surface area contributed by atoms with Gasteiger partial charge in [-0.15, -0.1) is 11.3 Å². The van der Waals surface area contributed by atoms with E-state index >= 15 is 0 Å². The summed E-state index contributed by atoms with van der Waals surface area (Å²) in [6.07, 6.45) is 6.31. The van der Waals surface area contributed by atoms with E-state index in [9.17, 15) is 20.1 Å². The molecule has 1 saturated carbocycles. The lowest BCUT2D eigenvalue weighted by molar-refractivity contribution is 0.0959. The SMILES string of the molecule is CCNC(=O)c1ccc(CCC[C@@H]2[C@@H](/C=C/[C@@H](O)CCc3ccccc3)[C@H](O)C[C@@H]2O)s1. The van der Waals surface area contributed by atoms with Crippen LogP contribution in [0.2, 0.25) is 0 Å². The number of aliphatic hydroxyl groups excluding tert-OH is 3. The van der Waals surface area contributed by atoms with Crippen LogP contribution in [0.3, 0.4) is 0 Å². The van der Waals surface area contributed by atoms with E-state index in [0.29, 0.717) is 19.4 Å². The molecule has 1 aromatic heterocycles. The highest BCUT2D eigenvalue weighted by molar-refractivity contribution is 7.14. The van der Waals surface area contributed by atoms with Crippen molar-refractivity contribution in [3.05, 3.63) is 69.9 Å². The predicted octanol–water partition coefficient (Wildman–Crippen LogP) is 3.73. The number of hydrogen-bond donors (Lipinski definition) is 4. The van der Waals surface area contributed by atoms with Crippen LogP contribution in [0.1, 0.15) is 52.7 Å². The van der Waals surface area contributed by atoms with Gasteiger partial charge in [-0.05, 0) is 62.6 Å². The zero-order valence-corrected chi connectivity index (χ0v) is 19.5. The maximum atomic E-state index is 11.9. The molecule has 1 fully saturated rings. The number of aliphatic hydroxyl groups is 3. The first kappa shape index (κ1) is 24.6. The van der Waals surface area contributed by atoms with Crippen molar-refractivity contribution in [2.24, 2.45) is 11.8 Å². The van der Waals surface area contributed by atoms with Gasteiger partial charge in [0.1, 0.15) is 0 Å². The molecule has 6 heteroatoms. The second kappa shape index (κ2) is 12.3. The fourth-order valence-electron chi connectivity index (χ4n) is 4.48. The Bertz CT molecular complexity index is 866. The molecule has 0 unspecified atom stereocenters. The van der Waals surface area contributed by atoms with Crippen molar-refractivity contribution in [2.75, 3.05) is 6.54 Å². The molecule has 2 aromatic rings. The van der Waals surface area contributed by atoms with E-state index in [0.717, 1.165) is 35.4 Å². The molecule has 1 aliphatic rings. The number of rotatable bonds is 11. The average molecular weight is 458 g/mol. The van der Waals surface area contributed by atoms with Crippen LogP contribution in [-0.2, 0) is 12.8 Å². The fourth-order valence-corrected chi connectivity index (χ4v) is 5.45. The summed E-state index contributed by atoms with van der Waals surface area (Å²) >= 11 is 1.51. The summed E-state index contributed by atoms with van der Waals surface area (Å²) in [5.41, 5.74) is 1.19. The highest BCUT2D eigenvalue weighted by Gasteiger charge is 2.39. The van der Waals surface area contributed by atoms with Gasteiger partial charge >= 0.3 is 0 Å². The van der Waals surface area contributed by atoms with Crippen LogP contribution in [0.5, 0.6) is 0 Å². The summed E-state index contributed by atoms with van der Waals surface area (Å²) in [5, 5.41) is 34.1. The minimum absolute atomic E-state index is 0.0228. The third-order valence-electron chi connectivity index (χ3n) is 6.23. The molecule has 5 atom stereocenters. The summed E-state index contributed by atoms with van der Waals surface area (Å²) in [6.45, 7) is 2.52. The van der Waals surface area contributed by atoms with E-state index in [2.05, 4.69) is 17.4 Å². The standard InChI is InChI=1S/C26H35NO4S/c1-2-27-26(31)25-16-14-20(32-25)9-6-10-21-22(24(30)17-23(21)29)15-13-19(28)12-11-18-7-4-3-5-8-18/h3-5,7-8,13-16,19,21-24,28-30H,2,6,9-12,17H2,1H3,(H,27,31)/b15-13+/t19-,21+,22+,23-,24+/m0/s1. The molecule has 5 nitrogen and oxygen atoms in total. The monoisotopic (exact) mass is 457 g/mol. The fraction of sp³-hybridized carbons (Fsp3) is 0.500. The number of nitrogens with one attached hydrogen (secondary N) is 1. The average Bonchev–Trinajstić information content (AvgIpc) is 3.36. The number of aryl methyl sites for hydroxylation is 2. The highest BCUT2D eigenvalue weighted by atomic mass is 32.1. The molecule has 0 radical (unpaired) electrons. The van der Waals surface area contributed by atoms with Crippen LogP contribution >= 0.6 is 11.3 Å². The van der Waals surface area contributed by atoms with E-state index < -0.39 is 18.3 Å². The summed E-state index contributed by atoms with van der Waals surface area (Å²) < 4.78 is 0. The predicted molar refractivity (Wildman–Crippen MR) is 129 cm³/mol. The smallest absolute Gasteiger partial charge is 0.261 e. The van der Waals surface area contributed by atoms with Crippen LogP contribution in [0.15, 0.2) is 54.6 Å². The third-order valence-corrected chi connectivity index (χ3v) is 7.37.